The molecule has 0 fully saturated rings. The van der Waals surface area contributed by atoms with Crippen LogP contribution in [0.3, 0.4) is 0 Å². The number of nitrogens with one attached hydrogen (secondary N) is 1. The maximum Gasteiger partial charge on any atom is 0.257 e. The molecule has 0 aliphatic carbocycles. The number of hydrogen-bond donors (Lipinski definition) is 2. The fourth-order valence-corrected chi connectivity index (χ4v) is 4.21. The number of halogens is 2. The van der Waals surface area contributed by atoms with Crippen molar-refractivity contribution >= 4 is 28.3 Å². The number of aliphatic hydroxyl groups is 1. The van der Waals surface area contributed by atoms with E-state index >= 15 is 0 Å². The molecular formula is C23H19F2N3O3S. The molecule has 9 heteroatoms. The summed E-state index contributed by atoms with van der Waals surface area (Å²) in [5, 5.41) is 17.4. The second kappa shape index (κ2) is 8.25. The molecule has 4 rings (SSSR count). The first kappa shape index (κ1) is 21.8. The summed E-state index contributed by atoms with van der Waals surface area (Å²) in [6.45, 7) is 4.62. The largest absolute Gasteiger partial charge is 0.386 e. The molecule has 0 bridgehead atoms. The van der Waals surface area contributed by atoms with Crippen LogP contribution in [-0.2, 0) is 5.60 Å². The predicted octanol–water partition coefficient (Wildman–Crippen LogP) is 5.84. The van der Waals surface area contributed by atoms with Gasteiger partial charge in [-0.05, 0) is 68.8 Å². The van der Waals surface area contributed by atoms with Crippen LogP contribution in [-0.4, -0.2) is 21.5 Å². The maximum atomic E-state index is 14.7. The molecule has 2 aromatic carbocycles. The Labute approximate surface area is 186 Å². The lowest BCUT2D eigenvalue weighted by molar-refractivity contribution is 0.0779. The lowest BCUT2D eigenvalue weighted by Gasteiger charge is -2.18. The summed E-state index contributed by atoms with van der Waals surface area (Å²) in [4.78, 5) is 16.0. The molecular weight excluding hydrogens is 436 g/mol. The molecule has 0 unspecified atom stereocenters. The van der Waals surface area contributed by atoms with Crippen LogP contribution in [0.1, 0.15) is 35.6 Å². The SMILES string of the molecule is Cc1noc(-c2ccc(Nc3sc(-c4c(F)cc(C(C)(C)O)cc4F)cc3C=O)cc2)n1. The van der Waals surface area contributed by atoms with Crippen LogP contribution < -0.4 is 5.32 Å². The van der Waals surface area contributed by atoms with E-state index in [9.17, 15) is 18.7 Å². The van der Waals surface area contributed by atoms with E-state index in [0.29, 0.717) is 28.7 Å². The van der Waals surface area contributed by atoms with Crippen LogP contribution in [0.15, 0.2) is 47.0 Å². The van der Waals surface area contributed by atoms with E-state index in [2.05, 4.69) is 15.5 Å². The van der Waals surface area contributed by atoms with Crippen LogP contribution in [0.4, 0.5) is 19.5 Å². The standard InChI is InChI=1S/C23H19F2N3O3S/c1-12-26-21(31-28-12)13-4-6-16(7-5-13)27-22-14(11-29)8-19(32-22)20-17(24)9-15(10-18(20)25)23(2,3)30/h4-11,27,30H,1-3H3. The van der Waals surface area contributed by atoms with Gasteiger partial charge in [-0.2, -0.15) is 4.98 Å². The number of hydrogen-bond acceptors (Lipinski definition) is 7. The zero-order valence-corrected chi connectivity index (χ0v) is 18.3. The van der Waals surface area contributed by atoms with E-state index in [1.807, 2.05) is 0 Å². The summed E-state index contributed by atoms with van der Waals surface area (Å²) < 4.78 is 34.6. The van der Waals surface area contributed by atoms with Gasteiger partial charge in [0.05, 0.1) is 11.2 Å². The van der Waals surface area contributed by atoms with Crippen LogP contribution in [0.5, 0.6) is 0 Å². The maximum absolute atomic E-state index is 14.7. The van der Waals surface area contributed by atoms with E-state index in [1.54, 1.807) is 31.2 Å². The summed E-state index contributed by atoms with van der Waals surface area (Å²) in [6.07, 6.45) is 0.624. The molecule has 0 saturated heterocycles. The fourth-order valence-electron chi connectivity index (χ4n) is 3.12. The smallest absolute Gasteiger partial charge is 0.257 e. The highest BCUT2D eigenvalue weighted by Gasteiger charge is 2.23. The zero-order chi connectivity index (χ0) is 23.0. The number of nitrogens with zero attached hydrogens (tertiary/aromatic N) is 2. The Bertz CT molecular complexity index is 1270. The van der Waals surface area contributed by atoms with Gasteiger partial charge in [-0.15, -0.1) is 11.3 Å². The van der Waals surface area contributed by atoms with Crippen molar-refractivity contribution in [3.8, 4) is 21.9 Å². The highest BCUT2D eigenvalue weighted by atomic mass is 32.1. The van der Waals surface area contributed by atoms with Crippen LogP contribution >= 0.6 is 11.3 Å². The number of rotatable bonds is 6. The fraction of sp³-hybridized carbons (Fsp3) is 0.174. The number of carbonyl (C=O) groups excluding carboxylic acids is 1. The van der Waals surface area contributed by atoms with Crippen LogP contribution in [0, 0.1) is 18.6 Å². The number of aryl methyl sites for hydroxylation is 1. The van der Waals surface area contributed by atoms with Crippen molar-refractivity contribution in [1.82, 2.24) is 10.1 Å². The van der Waals surface area contributed by atoms with Crippen LogP contribution in [0.2, 0.25) is 0 Å². The molecule has 0 aliphatic heterocycles. The highest BCUT2D eigenvalue weighted by molar-refractivity contribution is 7.19. The van der Waals surface area contributed by atoms with E-state index in [0.717, 1.165) is 29.0 Å². The van der Waals surface area contributed by atoms with E-state index in [-0.39, 0.29) is 21.6 Å². The average molecular weight is 455 g/mol. The van der Waals surface area contributed by atoms with Gasteiger partial charge in [-0.3, -0.25) is 4.79 Å². The first-order valence-electron chi connectivity index (χ1n) is 9.65. The van der Waals surface area contributed by atoms with Crippen molar-refractivity contribution in [1.29, 1.82) is 0 Å². The van der Waals surface area contributed by atoms with Gasteiger partial charge in [-0.1, -0.05) is 5.16 Å². The third-order valence-electron chi connectivity index (χ3n) is 4.80. The number of anilines is 2. The molecule has 0 saturated carbocycles. The Morgan fingerprint density at radius 3 is 2.31 bits per heavy atom. The first-order chi connectivity index (χ1) is 15.2. The number of benzene rings is 2. The van der Waals surface area contributed by atoms with Gasteiger partial charge in [0.25, 0.3) is 5.89 Å². The number of aromatic nitrogens is 2. The molecule has 4 aromatic rings. The summed E-state index contributed by atoms with van der Waals surface area (Å²) in [6, 6.07) is 10.7. The zero-order valence-electron chi connectivity index (χ0n) is 17.4. The van der Waals surface area contributed by atoms with Crippen LogP contribution in [0.25, 0.3) is 21.9 Å². The van der Waals surface area contributed by atoms with E-state index < -0.39 is 17.2 Å². The number of aldehydes is 1. The molecule has 2 aromatic heterocycles. The Balaban J connectivity index is 1.64. The van der Waals surface area contributed by atoms with E-state index in [4.69, 9.17) is 4.52 Å². The van der Waals surface area contributed by atoms with Gasteiger partial charge < -0.3 is 14.9 Å². The van der Waals surface area contributed by atoms with Gasteiger partial charge in [0.1, 0.15) is 16.6 Å². The Morgan fingerprint density at radius 1 is 1.12 bits per heavy atom. The second-order valence-corrected chi connectivity index (χ2v) is 8.79. The van der Waals surface area contributed by atoms with Crippen molar-refractivity contribution in [2.45, 2.75) is 26.4 Å². The average Bonchev–Trinajstić information content (AvgIpc) is 3.33. The number of carbonyl (C=O) groups is 1. The van der Waals surface area contributed by atoms with Crippen molar-refractivity contribution in [3.63, 3.8) is 0 Å². The van der Waals surface area contributed by atoms with Gasteiger partial charge in [-0.25, -0.2) is 8.78 Å². The molecule has 32 heavy (non-hydrogen) atoms. The minimum absolute atomic E-state index is 0.123. The van der Waals surface area contributed by atoms with Gasteiger partial charge in [0.2, 0.25) is 0 Å². The Morgan fingerprint density at radius 2 is 1.78 bits per heavy atom. The van der Waals surface area contributed by atoms with Crippen molar-refractivity contribution in [2.75, 3.05) is 5.32 Å². The third-order valence-corrected chi connectivity index (χ3v) is 5.88. The molecule has 2 heterocycles. The summed E-state index contributed by atoms with van der Waals surface area (Å²) in [7, 11) is 0. The quantitative estimate of drug-likeness (QED) is 0.356. The predicted molar refractivity (Wildman–Crippen MR) is 118 cm³/mol. The monoisotopic (exact) mass is 455 g/mol. The minimum Gasteiger partial charge on any atom is -0.386 e. The Hall–Kier alpha value is -3.43. The lowest BCUT2D eigenvalue weighted by atomic mass is 9.96. The molecule has 0 spiro atoms. The highest BCUT2D eigenvalue weighted by Crippen LogP contribution is 2.40. The molecule has 2 N–H and O–H groups in total. The molecule has 0 atom stereocenters. The summed E-state index contributed by atoms with van der Waals surface area (Å²) in [5.41, 5.74) is 0.156. The van der Waals surface area contributed by atoms with Crippen molar-refractivity contribution in [3.05, 3.63) is 71.1 Å². The minimum atomic E-state index is -1.39. The van der Waals surface area contributed by atoms with Crippen molar-refractivity contribution < 1.29 is 23.2 Å². The van der Waals surface area contributed by atoms with E-state index in [1.165, 1.54) is 19.9 Å². The van der Waals surface area contributed by atoms with Gasteiger partial charge >= 0.3 is 0 Å². The van der Waals surface area contributed by atoms with Gasteiger partial charge in [0, 0.05) is 21.7 Å². The van der Waals surface area contributed by atoms with Gasteiger partial charge in [0.15, 0.2) is 12.1 Å². The Kier molecular flexibility index (Phi) is 5.62. The molecule has 6 nitrogen and oxygen atoms in total. The molecule has 0 aliphatic rings. The van der Waals surface area contributed by atoms with Crippen molar-refractivity contribution in [2.24, 2.45) is 0 Å². The number of thiophene rings is 1. The third kappa shape index (κ3) is 4.30. The lowest BCUT2D eigenvalue weighted by Crippen LogP contribution is -2.16. The summed E-state index contributed by atoms with van der Waals surface area (Å²) in [5.74, 6) is -0.710. The second-order valence-electron chi connectivity index (χ2n) is 7.74. The molecule has 0 radical (unpaired) electrons. The first-order valence-corrected chi connectivity index (χ1v) is 10.5. The topological polar surface area (TPSA) is 88.3 Å². The molecule has 0 amide bonds. The molecule has 164 valence electrons. The summed E-state index contributed by atoms with van der Waals surface area (Å²) >= 11 is 1.05. The normalized spacial score (nSPS) is 11.6.